The molecule has 0 spiro atoms. The topological polar surface area (TPSA) is 120 Å². The van der Waals surface area contributed by atoms with Gasteiger partial charge in [-0.1, -0.05) is 12.2 Å². The number of guanidine groups is 1. The number of hydrogen-bond acceptors (Lipinski definition) is 5. The Labute approximate surface area is 213 Å². The highest BCUT2D eigenvalue weighted by Gasteiger charge is 2.58. The lowest BCUT2D eigenvalue weighted by molar-refractivity contribution is -0.140. The molecule has 9 nitrogen and oxygen atoms in total. The number of piperidine rings is 1. The van der Waals surface area contributed by atoms with Crippen molar-refractivity contribution >= 4 is 47.7 Å². The van der Waals surface area contributed by atoms with Gasteiger partial charge in [-0.25, -0.2) is 0 Å². The number of nitrogens with two attached hydrogens (primary N) is 1. The predicted molar refractivity (Wildman–Crippen MR) is 137 cm³/mol. The van der Waals surface area contributed by atoms with Crippen molar-refractivity contribution in [1.29, 1.82) is 0 Å². The van der Waals surface area contributed by atoms with E-state index < -0.39 is 0 Å². The summed E-state index contributed by atoms with van der Waals surface area (Å²) in [4.78, 5) is 44.8. The molecule has 0 radical (unpaired) electrons. The minimum atomic E-state index is -0.168. The van der Waals surface area contributed by atoms with E-state index in [2.05, 4.69) is 32.7 Å². The summed E-state index contributed by atoms with van der Waals surface area (Å²) in [6.07, 6.45) is 9.01. The van der Waals surface area contributed by atoms with Gasteiger partial charge in [0.05, 0.1) is 11.8 Å². The molecule has 10 heteroatoms. The second-order valence-electron chi connectivity index (χ2n) is 9.48. The third-order valence-electron chi connectivity index (χ3n) is 7.60. The lowest BCUT2D eigenvalue weighted by Gasteiger charge is -2.30. The van der Waals surface area contributed by atoms with Crippen molar-refractivity contribution in [2.75, 3.05) is 46.3 Å². The zero-order valence-electron chi connectivity index (χ0n) is 19.4. The van der Waals surface area contributed by atoms with Crippen molar-refractivity contribution < 1.29 is 14.4 Å². The second-order valence-corrected chi connectivity index (χ2v) is 9.48. The summed E-state index contributed by atoms with van der Waals surface area (Å²) >= 11 is 0. The van der Waals surface area contributed by atoms with E-state index in [1.54, 1.807) is 7.05 Å². The van der Waals surface area contributed by atoms with E-state index in [1.165, 1.54) is 4.90 Å². The van der Waals surface area contributed by atoms with E-state index in [1.807, 2.05) is 0 Å². The van der Waals surface area contributed by atoms with E-state index in [0.717, 1.165) is 58.3 Å². The number of carbonyl (C=O) groups is 3. The fourth-order valence-corrected chi connectivity index (χ4v) is 5.80. The summed E-state index contributed by atoms with van der Waals surface area (Å²) in [5.74, 6) is 0.814. The van der Waals surface area contributed by atoms with Crippen LogP contribution in [0.4, 0.5) is 0 Å². The van der Waals surface area contributed by atoms with Crippen molar-refractivity contribution in [2.24, 2.45) is 40.3 Å². The highest BCUT2D eigenvalue weighted by molar-refractivity contribution is 14.0. The summed E-state index contributed by atoms with van der Waals surface area (Å²) in [6.45, 7) is 4.59. The maximum atomic E-state index is 12.7. The number of amides is 3. The highest BCUT2D eigenvalue weighted by atomic mass is 127. The SMILES string of the molecule is CN=C(NCCCCN1CCC(C(N)=O)CC1)NCCN1C(=O)C2C3C=CC(C3)C2C1=O.I. The smallest absolute Gasteiger partial charge is 0.233 e. The van der Waals surface area contributed by atoms with E-state index in [4.69, 9.17) is 5.73 Å². The molecule has 2 aliphatic carbocycles. The zero-order chi connectivity index (χ0) is 22.7. The van der Waals surface area contributed by atoms with Crippen LogP contribution in [-0.4, -0.2) is 79.8 Å². The third kappa shape index (κ3) is 5.70. The van der Waals surface area contributed by atoms with Crippen LogP contribution in [0.2, 0.25) is 0 Å². The standard InChI is InChI=1S/C23H36N6O3.HI/c1-25-23(26-8-2-3-10-28-11-6-15(7-12-28)20(24)30)27-9-13-29-21(31)18-16-4-5-17(14-16)19(18)22(29)32;/h4-5,15-19H,2-3,6-14H2,1H3,(H2,24,30)(H2,25,26,27);1H. The first-order chi connectivity index (χ1) is 15.5. The molecule has 2 aliphatic heterocycles. The predicted octanol–water partition coefficient (Wildman–Crippen LogP) is 0.554. The van der Waals surface area contributed by atoms with Crippen LogP contribution in [0, 0.1) is 29.6 Å². The lowest BCUT2D eigenvalue weighted by atomic mass is 9.85. The van der Waals surface area contributed by atoms with Crippen molar-refractivity contribution in [3.63, 3.8) is 0 Å². The summed E-state index contributed by atoms with van der Waals surface area (Å²) in [5.41, 5.74) is 5.39. The van der Waals surface area contributed by atoms with Gasteiger partial charge in [-0.2, -0.15) is 0 Å². The van der Waals surface area contributed by atoms with Gasteiger partial charge in [0.25, 0.3) is 0 Å². The first-order valence-corrected chi connectivity index (χ1v) is 12.0. The number of carbonyl (C=O) groups excluding carboxylic acids is 3. The van der Waals surface area contributed by atoms with Gasteiger partial charge in [-0.3, -0.25) is 24.3 Å². The minimum absolute atomic E-state index is 0. The minimum Gasteiger partial charge on any atom is -0.369 e. The molecule has 4 N–H and O–H groups in total. The average Bonchev–Trinajstić information content (AvgIpc) is 3.47. The van der Waals surface area contributed by atoms with Crippen molar-refractivity contribution in [3.05, 3.63) is 12.2 Å². The van der Waals surface area contributed by atoms with Crippen molar-refractivity contribution in [2.45, 2.75) is 32.1 Å². The summed E-state index contributed by atoms with van der Waals surface area (Å²) < 4.78 is 0. The van der Waals surface area contributed by atoms with Crippen LogP contribution in [0.3, 0.4) is 0 Å². The van der Waals surface area contributed by atoms with Crippen molar-refractivity contribution in [1.82, 2.24) is 20.4 Å². The average molecular weight is 572 g/mol. The van der Waals surface area contributed by atoms with Gasteiger partial charge in [-0.05, 0) is 63.6 Å². The Kier molecular flexibility index (Phi) is 9.14. The number of unbranched alkanes of at least 4 members (excludes halogenated alkanes) is 1. The number of rotatable bonds is 9. The number of likely N-dealkylation sites (tertiary alicyclic amines) is 2. The molecule has 2 heterocycles. The van der Waals surface area contributed by atoms with E-state index in [-0.39, 0.29) is 71.3 Å². The van der Waals surface area contributed by atoms with Gasteiger partial charge >= 0.3 is 0 Å². The largest absolute Gasteiger partial charge is 0.369 e. The molecule has 3 amide bonds. The van der Waals surface area contributed by atoms with Crippen LogP contribution in [-0.2, 0) is 14.4 Å². The summed E-state index contributed by atoms with van der Waals surface area (Å²) in [6, 6.07) is 0. The van der Waals surface area contributed by atoms with E-state index in [9.17, 15) is 14.4 Å². The molecule has 0 aromatic rings. The van der Waals surface area contributed by atoms with Gasteiger partial charge in [0, 0.05) is 32.6 Å². The molecular formula is C23H37IN6O3. The molecule has 4 aliphatic rings. The Morgan fingerprint density at radius 2 is 1.64 bits per heavy atom. The van der Waals surface area contributed by atoms with Crippen LogP contribution in [0.15, 0.2) is 17.1 Å². The van der Waals surface area contributed by atoms with Crippen LogP contribution in [0.25, 0.3) is 0 Å². The normalized spacial score (nSPS) is 29.4. The molecule has 33 heavy (non-hydrogen) atoms. The number of aliphatic imine (C=N–C) groups is 1. The number of halogens is 1. The Morgan fingerprint density at radius 3 is 2.21 bits per heavy atom. The van der Waals surface area contributed by atoms with Crippen molar-refractivity contribution in [3.8, 4) is 0 Å². The van der Waals surface area contributed by atoms with Crippen LogP contribution < -0.4 is 16.4 Å². The molecule has 3 fully saturated rings. The van der Waals surface area contributed by atoms with Crippen LogP contribution in [0.5, 0.6) is 0 Å². The number of imide groups is 1. The first kappa shape index (κ1) is 25.9. The summed E-state index contributed by atoms with van der Waals surface area (Å²) in [7, 11) is 1.72. The molecule has 4 rings (SSSR count). The maximum absolute atomic E-state index is 12.7. The number of primary amides is 1. The van der Waals surface area contributed by atoms with Crippen LogP contribution >= 0.6 is 24.0 Å². The van der Waals surface area contributed by atoms with Gasteiger partial charge in [0.15, 0.2) is 5.96 Å². The fourth-order valence-electron chi connectivity index (χ4n) is 5.80. The number of allylic oxidation sites excluding steroid dienone is 2. The summed E-state index contributed by atoms with van der Waals surface area (Å²) in [5, 5.41) is 6.52. The Balaban J connectivity index is 0.00000306. The Morgan fingerprint density at radius 1 is 1.03 bits per heavy atom. The third-order valence-corrected chi connectivity index (χ3v) is 7.60. The molecule has 0 aromatic carbocycles. The number of fused-ring (bicyclic) bond motifs is 5. The van der Waals surface area contributed by atoms with Gasteiger partial charge in [0.1, 0.15) is 0 Å². The first-order valence-electron chi connectivity index (χ1n) is 12.0. The van der Waals surface area contributed by atoms with E-state index in [0.29, 0.717) is 19.0 Å². The monoisotopic (exact) mass is 572 g/mol. The van der Waals surface area contributed by atoms with E-state index >= 15 is 0 Å². The molecule has 4 atom stereocenters. The molecule has 2 saturated heterocycles. The molecule has 184 valence electrons. The quantitative estimate of drug-likeness (QED) is 0.0928. The van der Waals surface area contributed by atoms with Gasteiger partial charge < -0.3 is 21.3 Å². The number of nitrogens with zero attached hydrogens (tertiary/aromatic N) is 3. The van der Waals surface area contributed by atoms with Gasteiger partial charge in [-0.15, -0.1) is 24.0 Å². The maximum Gasteiger partial charge on any atom is 0.233 e. The molecule has 4 unspecified atom stereocenters. The lowest BCUT2D eigenvalue weighted by Crippen LogP contribution is -2.44. The fraction of sp³-hybridized carbons (Fsp3) is 0.739. The second kappa shape index (κ2) is 11.6. The Bertz CT molecular complexity index is 765. The molecule has 0 aromatic heterocycles. The molecular weight excluding hydrogens is 535 g/mol. The number of hydrogen-bond donors (Lipinski definition) is 3. The Hall–Kier alpha value is -1.69. The zero-order valence-corrected chi connectivity index (χ0v) is 21.7. The number of nitrogens with one attached hydrogen (secondary N) is 2. The van der Waals surface area contributed by atoms with Crippen LogP contribution in [0.1, 0.15) is 32.1 Å². The van der Waals surface area contributed by atoms with Gasteiger partial charge in [0.2, 0.25) is 17.7 Å². The molecule has 2 bridgehead atoms. The highest BCUT2D eigenvalue weighted by Crippen LogP contribution is 2.52. The molecule has 1 saturated carbocycles.